The van der Waals surface area contributed by atoms with E-state index in [9.17, 15) is 5.11 Å². The van der Waals surface area contributed by atoms with Gasteiger partial charge in [-0.15, -0.1) is 0 Å². The zero-order valence-electron chi connectivity index (χ0n) is 11.7. The Morgan fingerprint density at radius 1 is 1.40 bits per heavy atom. The molecule has 0 fully saturated rings. The lowest BCUT2D eigenvalue weighted by Gasteiger charge is -2.12. The molecule has 1 heterocycles. The molecule has 2 aromatic rings. The van der Waals surface area contributed by atoms with Gasteiger partial charge in [0.05, 0.1) is 6.54 Å². The van der Waals surface area contributed by atoms with E-state index in [1.165, 1.54) is 0 Å². The van der Waals surface area contributed by atoms with Crippen LogP contribution < -0.4 is 10.1 Å². The molecule has 6 heteroatoms. The smallest absolute Gasteiger partial charge is 0.240 e. The molecule has 20 heavy (non-hydrogen) atoms. The number of aliphatic hydroxyl groups is 1. The van der Waals surface area contributed by atoms with E-state index in [2.05, 4.69) is 15.5 Å². The van der Waals surface area contributed by atoms with Crippen molar-refractivity contribution in [1.29, 1.82) is 0 Å². The third kappa shape index (κ3) is 4.64. The van der Waals surface area contributed by atoms with Gasteiger partial charge in [-0.3, -0.25) is 0 Å². The van der Waals surface area contributed by atoms with E-state index >= 15 is 0 Å². The Balaban J connectivity index is 1.66. The first-order valence-electron chi connectivity index (χ1n) is 6.51. The molecule has 0 aliphatic carbocycles. The van der Waals surface area contributed by atoms with Crippen molar-refractivity contribution < 1.29 is 14.4 Å². The van der Waals surface area contributed by atoms with Crippen molar-refractivity contribution in [2.45, 2.75) is 26.5 Å². The second-order valence-corrected chi connectivity index (χ2v) is 4.65. The van der Waals surface area contributed by atoms with Gasteiger partial charge in [0.15, 0.2) is 5.82 Å². The number of aryl methyl sites for hydroxylation is 2. The minimum absolute atomic E-state index is 0.235. The molecular weight excluding hydrogens is 258 g/mol. The van der Waals surface area contributed by atoms with Crippen molar-refractivity contribution in [2.75, 3.05) is 13.2 Å². The largest absolute Gasteiger partial charge is 0.491 e. The van der Waals surface area contributed by atoms with Crippen molar-refractivity contribution in [3.8, 4) is 5.75 Å². The van der Waals surface area contributed by atoms with E-state index in [4.69, 9.17) is 9.26 Å². The highest BCUT2D eigenvalue weighted by Gasteiger charge is 2.07. The highest BCUT2D eigenvalue weighted by Crippen LogP contribution is 2.12. The summed E-state index contributed by atoms with van der Waals surface area (Å²) >= 11 is 0. The summed E-state index contributed by atoms with van der Waals surface area (Å²) in [5, 5.41) is 16.5. The van der Waals surface area contributed by atoms with E-state index in [0.717, 1.165) is 11.3 Å². The van der Waals surface area contributed by atoms with Crippen molar-refractivity contribution in [1.82, 2.24) is 15.5 Å². The fourth-order valence-electron chi connectivity index (χ4n) is 1.71. The fraction of sp³-hybridized carbons (Fsp3) is 0.429. The molecule has 0 aliphatic heterocycles. The van der Waals surface area contributed by atoms with Gasteiger partial charge in [0.25, 0.3) is 0 Å². The Hall–Kier alpha value is -1.92. The van der Waals surface area contributed by atoms with Crippen molar-refractivity contribution >= 4 is 0 Å². The Labute approximate surface area is 117 Å². The molecule has 0 aliphatic rings. The number of hydrogen-bond acceptors (Lipinski definition) is 6. The van der Waals surface area contributed by atoms with Crippen molar-refractivity contribution in [2.24, 2.45) is 0 Å². The van der Waals surface area contributed by atoms with E-state index in [1.54, 1.807) is 6.92 Å². The summed E-state index contributed by atoms with van der Waals surface area (Å²) < 4.78 is 10.5. The van der Waals surface area contributed by atoms with Crippen LogP contribution in [0.25, 0.3) is 0 Å². The third-order valence-corrected chi connectivity index (χ3v) is 2.66. The quantitative estimate of drug-likeness (QED) is 0.792. The maximum Gasteiger partial charge on any atom is 0.240 e. The lowest BCUT2D eigenvalue weighted by Crippen LogP contribution is -2.31. The van der Waals surface area contributed by atoms with Crippen LogP contribution in [0.15, 0.2) is 28.8 Å². The van der Waals surface area contributed by atoms with Gasteiger partial charge in [0.1, 0.15) is 18.5 Å². The lowest BCUT2D eigenvalue weighted by atomic mass is 10.2. The average Bonchev–Trinajstić information content (AvgIpc) is 2.82. The maximum atomic E-state index is 9.81. The van der Waals surface area contributed by atoms with Crippen LogP contribution in [0.2, 0.25) is 0 Å². The molecule has 1 atom stereocenters. The molecule has 0 saturated heterocycles. The Bertz CT molecular complexity index is 542. The number of rotatable bonds is 7. The van der Waals surface area contributed by atoms with Gasteiger partial charge in [-0.2, -0.15) is 4.98 Å². The second kappa shape index (κ2) is 7.02. The summed E-state index contributed by atoms with van der Waals surface area (Å²) in [4.78, 5) is 4.06. The first-order chi connectivity index (χ1) is 9.63. The first kappa shape index (κ1) is 14.5. The van der Waals surface area contributed by atoms with Gasteiger partial charge in [-0.1, -0.05) is 17.3 Å². The van der Waals surface area contributed by atoms with Crippen molar-refractivity contribution in [3.05, 3.63) is 41.5 Å². The monoisotopic (exact) mass is 277 g/mol. The molecule has 1 aromatic carbocycles. The molecular formula is C14H19N3O3. The first-order valence-corrected chi connectivity index (χ1v) is 6.51. The van der Waals surface area contributed by atoms with Crippen LogP contribution in [0.1, 0.15) is 17.3 Å². The van der Waals surface area contributed by atoms with Gasteiger partial charge in [-0.05, 0) is 31.5 Å². The Morgan fingerprint density at radius 3 is 2.95 bits per heavy atom. The number of aromatic nitrogens is 2. The van der Waals surface area contributed by atoms with Crippen LogP contribution >= 0.6 is 0 Å². The van der Waals surface area contributed by atoms with E-state index in [1.807, 2.05) is 31.2 Å². The van der Waals surface area contributed by atoms with Gasteiger partial charge >= 0.3 is 0 Å². The second-order valence-electron chi connectivity index (χ2n) is 4.65. The molecule has 6 nitrogen and oxygen atoms in total. The number of ether oxygens (including phenoxy) is 1. The number of nitrogens with zero attached hydrogens (tertiary/aromatic N) is 2. The summed E-state index contributed by atoms with van der Waals surface area (Å²) in [6.07, 6.45) is -0.598. The predicted molar refractivity (Wildman–Crippen MR) is 73.4 cm³/mol. The van der Waals surface area contributed by atoms with Gasteiger partial charge < -0.3 is 19.7 Å². The summed E-state index contributed by atoms with van der Waals surface area (Å²) in [5.41, 5.74) is 1.13. The summed E-state index contributed by atoms with van der Waals surface area (Å²) in [5.74, 6) is 1.87. The number of hydrogen-bond donors (Lipinski definition) is 2. The lowest BCUT2D eigenvalue weighted by molar-refractivity contribution is 0.105. The Kier molecular flexibility index (Phi) is 5.09. The summed E-state index contributed by atoms with van der Waals surface area (Å²) in [6, 6.07) is 7.72. The standard InChI is InChI=1S/C14H19N3O3/c1-10-4-3-5-13(6-10)19-9-12(18)7-15-8-14-16-11(2)17-20-14/h3-6,12,15,18H,7-9H2,1-2H3. The highest BCUT2D eigenvalue weighted by atomic mass is 16.5. The van der Waals surface area contributed by atoms with Crippen LogP contribution in [0.3, 0.4) is 0 Å². The zero-order valence-corrected chi connectivity index (χ0v) is 11.7. The third-order valence-electron chi connectivity index (χ3n) is 2.66. The molecule has 0 spiro atoms. The van der Waals surface area contributed by atoms with Crippen molar-refractivity contribution in [3.63, 3.8) is 0 Å². The fourth-order valence-corrected chi connectivity index (χ4v) is 1.71. The highest BCUT2D eigenvalue weighted by molar-refractivity contribution is 5.27. The van der Waals surface area contributed by atoms with E-state index in [-0.39, 0.29) is 6.61 Å². The zero-order chi connectivity index (χ0) is 14.4. The van der Waals surface area contributed by atoms with E-state index < -0.39 is 6.10 Å². The molecule has 2 rings (SSSR count). The minimum Gasteiger partial charge on any atom is -0.491 e. The van der Waals surface area contributed by atoms with Gasteiger partial charge in [-0.25, -0.2) is 0 Å². The molecule has 0 radical (unpaired) electrons. The van der Waals surface area contributed by atoms with E-state index in [0.29, 0.717) is 24.8 Å². The van der Waals surface area contributed by atoms with Gasteiger partial charge in [0, 0.05) is 6.54 Å². The molecule has 0 bridgehead atoms. The molecule has 1 unspecified atom stereocenters. The van der Waals surface area contributed by atoms with Crippen LogP contribution in [0, 0.1) is 13.8 Å². The Morgan fingerprint density at radius 2 is 2.25 bits per heavy atom. The molecule has 0 saturated carbocycles. The van der Waals surface area contributed by atoms with Crippen LogP contribution in [0.5, 0.6) is 5.75 Å². The summed E-state index contributed by atoms with van der Waals surface area (Å²) in [6.45, 7) is 4.82. The minimum atomic E-state index is -0.598. The van der Waals surface area contributed by atoms with Crippen LogP contribution in [-0.2, 0) is 6.54 Å². The molecule has 1 aromatic heterocycles. The SMILES string of the molecule is Cc1cccc(OCC(O)CNCc2nc(C)no2)c1. The average molecular weight is 277 g/mol. The predicted octanol–water partition coefficient (Wildman–Crippen LogP) is 1.22. The molecule has 108 valence electrons. The van der Waals surface area contributed by atoms with Crippen LogP contribution in [-0.4, -0.2) is 34.5 Å². The van der Waals surface area contributed by atoms with Crippen LogP contribution in [0.4, 0.5) is 0 Å². The number of nitrogens with one attached hydrogen (secondary N) is 1. The maximum absolute atomic E-state index is 9.81. The number of benzene rings is 1. The topological polar surface area (TPSA) is 80.4 Å². The normalized spacial score (nSPS) is 12.3. The molecule has 0 amide bonds. The van der Waals surface area contributed by atoms with Gasteiger partial charge in [0.2, 0.25) is 5.89 Å². The molecule has 2 N–H and O–H groups in total. The number of aliphatic hydroxyl groups excluding tert-OH is 1. The summed E-state index contributed by atoms with van der Waals surface area (Å²) in [7, 11) is 0.